The van der Waals surface area contributed by atoms with Gasteiger partial charge in [-0.05, 0) is 63.7 Å². The number of para-hydroxylation sites is 1. The van der Waals surface area contributed by atoms with Gasteiger partial charge in [0.2, 0.25) is 0 Å². The number of hydrogen-bond acceptors (Lipinski definition) is 3. The predicted octanol–water partition coefficient (Wildman–Crippen LogP) is 11.9. The largest absolute Gasteiger partial charge is 0.456 e. The molecule has 7 aromatic carbocycles. The molecule has 47 heavy (non-hydrogen) atoms. The van der Waals surface area contributed by atoms with E-state index in [2.05, 4.69) is 140 Å². The molecule has 0 atom stereocenters. The second-order valence-corrected chi connectivity index (χ2v) is 11.8. The summed E-state index contributed by atoms with van der Waals surface area (Å²) in [6.07, 6.45) is 0. The summed E-state index contributed by atoms with van der Waals surface area (Å²) in [5.41, 5.74) is 12.6. The summed E-state index contributed by atoms with van der Waals surface area (Å²) in [5, 5.41) is 3.12. The molecular weight excluding hydrogens is 572 g/mol. The monoisotopic (exact) mass is 600 g/mol. The van der Waals surface area contributed by atoms with Crippen molar-refractivity contribution in [2.24, 2.45) is 0 Å². The quantitative estimate of drug-likeness (QED) is 0.197. The van der Waals surface area contributed by atoms with Crippen molar-refractivity contribution >= 4 is 32.8 Å². The molecule has 9 rings (SSSR count). The van der Waals surface area contributed by atoms with Crippen molar-refractivity contribution < 1.29 is 4.42 Å². The van der Waals surface area contributed by atoms with Crippen molar-refractivity contribution in [2.75, 3.05) is 0 Å². The van der Waals surface area contributed by atoms with Crippen molar-refractivity contribution in [1.29, 1.82) is 0 Å². The van der Waals surface area contributed by atoms with E-state index in [-0.39, 0.29) is 0 Å². The van der Waals surface area contributed by atoms with Gasteiger partial charge in [-0.1, -0.05) is 140 Å². The molecule has 0 aliphatic heterocycles. The molecule has 2 heterocycles. The highest BCUT2D eigenvalue weighted by Crippen LogP contribution is 2.40. The first kappa shape index (κ1) is 27.0. The van der Waals surface area contributed by atoms with E-state index in [1.165, 1.54) is 22.3 Å². The van der Waals surface area contributed by atoms with Crippen LogP contribution in [0.1, 0.15) is 0 Å². The molecule has 0 saturated carbocycles. The van der Waals surface area contributed by atoms with Crippen LogP contribution in [0.4, 0.5) is 0 Å². The summed E-state index contributed by atoms with van der Waals surface area (Å²) in [4.78, 5) is 10.4. The van der Waals surface area contributed by atoms with Crippen LogP contribution in [0.3, 0.4) is 0 Å². The maximum absolute atomic E-state index is 6.25. The molecule has 0 aliphatic rings. The molecule has 0 bridgehead atoms. The van der Waals surface area contributed by atoms with Gasteiger partial charge in [-0.3, -0.25) is 0 Å². The summed E-state index contributed by atoms with van der Waals surface area (Å²) < 4.78 is 6.25. The second-order valence-electron chi connectivity index (χ2n) is 11.8. The molecule has 0 unspecified atom stereocenters. The van der Waals surface area contributed by atoms with E-state index < -0.39 is 0 Å². The van der Waals surface area contributed by atoms with Crippen LogP contribution >= 0.6 is 0 Å². The Morgan fingerprint density at radius 3 is 1.70 bits per heavy atom. The molecule has 0 spiro atoms. The molecule has 2 aromatic heterocycles. The topological polar surface area (TPSA) is 38.9 Å². The van der Waals surface area contributed by atoms with Gasteiger partial charge in [0, 0.05) is 27.3 Å². The number of fused-ring (bicyclic) bond motifs is 5. The van der Waals surface area contributed by atoms with Gasteiger partial charge in [0.05, 0.1) is 11.2 Å². The minimum atomic E-state index is 0.691. The van der Waals surface area contributed by atoms with Crippen molar-refractivity contribution in [1.82, 2.24) is 9.97 Å². The van der Waals surface area contributed by atoms with Gasteiger partial charge >= 0.3 is 0 Å². The molecule has 3 heteroatoms. The van der Waals surface area contributed by atoms with Crippen LogP contribution in [-0.4, -0.2) is 9.97 Å². The van der Waals surface area contributed by atoms with Crippen molar-refractivity contribution in [3.05, 3.63) is 170 Å². The zero-order chi connectivity index (χ0) is 31.2. The minimum Gasteiger partial charge on any atom is -0.456 e. The van der Waals surface area contributed by atoms with Crippen LogP contribution in [-0.2, 0) is 0 Å². The molecular formula is C44H28N2O. The highest BCUT2D eigenvalue weighted by atomic mass is 16.3. The first-order valence-corrected chi connectivity index (χ1v) is 15.8. The summed E-state index contributed by atoms with van der Waals surface area (Å²) in [6.45, 7) is 0. The molecule has 0 radical (unpaired) electrons. The number of rotatable bonds is 5. The van der Waals surface area contributed by atoms with Gasteiger partial charge in [-0.2, -0.15) is 0 Å². The normalized spacial score (nSPS) is 11.4. The van der Waals surface area contributed by atoms with E-state index in [0.29, 0.717) is 5.82 Å². The molecule has 0 fully saturated rings. The molecule has 0 N–H and O–H groups in total. The SMILES string of the molecule is c1ccc(-c2ccccc2-c2cccc(-c3cccc(-c4nc(-c5ccccc5)c5c(ccc6oc7ccccc7c65)n4)c3)c2)cc1. The van der Waals surface area contributed by atoms with Gasteiger partial charge in [0.15, 0.2) is 5.82 Å². The Hall–Kier alpha value is -6.32. The fraction of sp³-hybridized carbons (Fsp3) is 0. The lowest BCUT2D eigenvalue weighted by atomic mass is 9.92. The van der Waals surface area contributed by atoms with E-state index in [9.17, 15) is 0 Å². The van der Waals surface area contributed by atoms with Crippen LogP contribution in [0.2, 0.25) is 0 Å². The van der Waals surface area contributed by atoms with E-state index in [1.807, 2.05) is 30.3 Å². The van der Waals surface area contributed by atoms with E-state index in [1.54, 1.807) is 0 Å². The first-order valence-electron chi connectivity index (χ1n) is 15.8. The van der Waals surface area contributed by atoms with Gasteiger partial charge in [-0.15, -0.1) is 0 Å². The Balaban J connectivity index is 1.19. The summed E-state index contributed by atoms with van der Waals surface area (Å²) >= 11 is 0. The smallest absolute Gasteiger partial charge is 0.160 e. The van der Waals surface area contributed by atoms with E-state index in [0.717, 1.165) is 60.8 Å². The third kappa shape index (κ3) is 4.77. The third-order valence-electron chi connectivity index (χ3n) is 8.89. The van der Waals surface area contributed by atoms with Crippen molar-refractivity contribution in [3.63, 3.8) is 0 Å². The molecule has 9 aromatic rings. The average Bonchev–Trinajstić information content (AvgIpc) is 3.54. The van der Waals surface area contributed by atoms with Gasteiger partial charge < -0.3 is 4.42 Å². The van der Waals surface area contributed by atoms with Crippen LogP contribution < -0.4 is 0 Å². The van der Waals surface area contributed by atoms with Crippen molar-refractivity contribution in [2.45, 2.75) is 0 Å². The maximum Gasteiger partial charge on any atom is 0.160 e. The fourth-order valence-electron chi connectivity index (χ4n) is 6.68. The van der Waals surface area contributed by atoms with Gasteiger partial charge in [0.1, 0.15) is 11.2 Å². The number of aromatic nitrogens is 2. The lowest BCUT2D eigenvalue weighted by molar-refractivity contribution is 0.669. The van der Waals surface area contributed by atoms with Crippen molar-refractivity contribution in [3.8, 4) is 56.0 Å². The summed E-state index contributed by atoms with van der Waals surface area (Å²) in [6, 6.07) is 59.1. The Labute approximate surface area is 272 Å². The Morgan fingerprint density at radius 1 is 0.362 bits per heavy atom. The predicted molar refractivity (Wildman–Crippen MR) is 194 cm³/mol. The highest BCUT2D eigenvalue weighted by Gasteiger charge is 2.18. The molecule has 0 saturated heterocycles. The maximum atomic E-state index is 6.25. The number of nitrogens with zero attached hydrogens (tertiary/aromatic N) is 2. The fourth-order valence-corrected chi connectivity index (χ4v) is 6.68. The molecule has 0 amide bonds. The standard InChI is InChI=1S/C44H28N2O/c1-3-13-29(14-4-1)35-21-7-8-22-36(35)33-19-11-17-31(27-33)32-18-12-20-34(28-32)44-45-38-25-26-40-41(37-23-9-10-24-39(37)47-40)42(38)43(46-44)30-15-5-2-6-16-30/h1-28H. The Kier molecular flexibility index (Phi) is 6.46. The van der Waals surface area contributed by atoms with Crippen LogP contribution in [0.25, 0.3) is 88.9 Å². The highest BCUT2D eigenvalue weighted by molar-refractivity contribution is 6.21. The number of benzene rings is 7. The molecule has 0 aliphatic carbocycles. The van der Waals surface area contributed by atoms with E-state index >= 15 is 0 Å². The Bertz CT molecular complexity index is 2570. The Morgan fingerprint density at radius 2 is 0.936 bits per heavy atom. The first-order chi connectivity index (χ1) is 23.3. The molecule has 220 valence electrons. The van der Waals surface area contributed by atoms with Gasteiger partial charge in [-0.25, -0.2) is 9.97 Å². The lowest BCUT2D eigenvalue weighted by Crippen LogP contribution is -1.96. The third-order valence-corrected chi connectivity index (χ3v) is 8.89. The lowest BCUT2D eigenvalue weighted by Gasteiger charge is -2.13. The average molecular weight is 601 g/mol. The zero-order valence-corrected chi connectivity index (χ0v) is 25.5. The number of hydrogen-bond donors (Lipinski definition) is 0. The number of furan rings is 1. The van der Waals surface area contributed by atoms with Crippen LogP contribution in [0.15, 0.2) is 174 Å². The zero-order valence-electron chi connectivity index (χ0n) is 25.5. The van der Waals surface area contributed by atoms with Crippen LogP contribution in [0, 0.1) is 0 Å². The van der Waals surface area contributed by atoms with Crippen LogP contribution in [0.5, 0.6) is 0 Å². The van der Waals surface area contributed by atoms with Gasteiger partial charge in [0.25, 0.3) is 0 Å². The minimum absolute atomic E-state index is 0.691. The summed E-state index contributed by atoms with van der Waals surface area (Å²) in [7, 11) is 0. The second kappa shape index (κ2) is 11.2. The molecule has 3 nitrogen and oxygen atoms in total. The van der Waals surface area contributed by atoms with E-state index in [4.69, 9.17) is 14.4 Å². The summed E-state index contributed by atoms with van der Waals surface area (Å²) in [5.74, 6) is 0.691.